The van der Waals surface area contributed by atoms with Crippen LogP contribution < -0.4 is 10.3 Å². The standard InChI is InChI=1S/C30H41N2O5Si/c1-18(33)36-26-25(20-14-19(15-31)12-13-23(20)37-30(26,8)9)32-16-22(28(2,3)4)24(29(5,6)7)21(27(32)34)17-35-38(10)11/h12-14,16,25-26H,17H2,1-11H3/t25-,26+/m1/s1. The highest BCUT2D eigenvalue weighted by Crippen LogP contribution is 2.45. The van der Waals surface area contributed by atoms with Gasteiger partial charge in [0.1, 0.15) is 17.4 Å². The lowest BCUT2D eigenvalue weighted by molar-refractivity contribution is -0.163. The van der Waals surface area contributed by atoms with E-state index in [-0.39, 0.29) is 23.0 Å². The van der Waals surface area contributed by atoms with E-state index >= 15 is 0 Å². The van der Waals surface area contributed by atoms with Crippen molar-refractivity contribution in [3.8, 4) is 11.8 Å². The van der Waals surface area contributed by atoms with Crippen LogP contribution in [0.4, 0.5) is 0 Å². The number of hydrogen-bond donors (Lipinski definition) is 0. The van der Waals surface area contributed by atoms with E-state index in [2.05, 4.69) is 47.6 Å². The highest BCUT2D eigenvalue weighted by Gasteiger charge is 2.48. The normalized spacial score (nSPS) is 18.9. The monoisotopic (exact) mass is 537 g/mol. The Morgan fingerprint density at radius 2 is 1.79 bits per heavy atom. The fourth-order valence-electron chi connectivity index (χ4n) is 5.18. The van der Waals surface area contributed by atoms with Gasteiger partial charge in [-0.2, -0.15) is 5.26 Å². The summed E-state index contributed by atoms with van der Waals surface area (Å²) in [6.07, 6.45) is 1.10. The number of carbonyl (C=O) groups is 1. The molecule has 0 saturated carbocycles. The molecule has 7 nitrogen and oxygen atoms in total. The largest absolute Gasteiger partial charge is 0.484 e. The van der Waals surface area contributed by atoms with E-state index in [1.165, 1.54) is 6.92 Å². The first-order chi connectivity index (χ1) is 17.4. The molecule has 3 rings (SSSR count). The minimum absolute atomic E-state index is 0.195. The molecule has 1 aromatic carbocycles. The summed E-state index contributed by atoms with van der Waals surface area (Å²) < 4.78 is 20.0. The van der Waals surface area contributed by atoms with Crippen LogP contribution >= 0.6 is 0 Å². The number of benzene rings is 1. The Kier molecular flexibility index (Phi) is 8.08. The molecule has 1 aliphatic heterocycles. The summed E-state index contributed by atoms with van der Waals surface area (Å²) >= 11 is 0. The minimum Gasteiger partial charge on any atom is -0.484 e. The molecule has 1 aliphatic rings. The lowest BCUT2D eigenvalue weighted by atomic mass is 9.74. The summed E-state index contributed by atoms with van der Waals surface area (Å²) in [5.74, 6) is 0.0802. The maximum absolute atomic E-state index is 14.5. The first kappa shape index (κ1) is 29.7. The third-order valence-corrected chi connectivity index (χ3v) is 7.51. The Labute approximate surface area is 228 Å². The Morgan fingerprint density at radius 1 is 1.16 bits per heavy atom. The van der Waals surface area contributed by atoms with Crippen LogP contribution in [0.5, 0.6) is 5.75 Å². The van der Waals surface area contributed by atoms with Crippen molar-refractivity contribution in [3.05, 3.63) is 62.6 Å². The fourth-order valence-corrected chi connectivity index (χ4v) is 5.61. The second kappa shape index (κ2) is 10.3. The van der Waals surface area contributed by atoms with Gasteiger partial charge < -0.3 is 18.5 Å². The number of carbonyl (C=O) groups excluding carboxylic acids is 1. The van der Waals surface area contributed by atoms with Crippen molar-refractivity contribution in [2.24, 2.45) is 0 Å². The van der Waals surface area contributed by atoms with E-state index in [1.54, 1.807) is 22.8 Å². The number of ether oxygens (including phenoxy) is 2. The van der Waals surface area contributed by atoms with Crippen LogP contribution in [-0.4, -0.2) is 31.3 Å². The summed E-state index contributed by atoms with van der Waals surface area (Å²) in [5, 5.41) is 9.65. The van der Waals surface area contributed by atoms with Gasteiger partial charge in [-0.3, -0.25) is 9.59 Å². The molecule has 0 aliphatic carbocycles. The maximum atomic E-state index is 14.5. The number of rotatable bonds is 5. The molecule has 1 radical (unpaired) electrons. The van der Waals surface area contributed by atoms with Crippen LogP contribution in [0.25, 0.3) is 0 Å². The van der Waals surface area contributed by atoms with Crippen LogP contribution in [0.1, 0.15) is 96.2 Å². The van der Waals surface area contributed by atoms with Crippen molar-refractivity contribution < 1.29 is 18.7 Å². The van der Waals surface area contributed by atoms with E-state index in [9.17, 15) is 14.9 Å². The Morgan fingerprint density at radius 3 is 2.29 bits per heavy atom. The highest BCUT2D eigenvalue weighted by atomic mass is 28.3. The molecule has 0 N–H and O–H groups in total. The molecule has 0 amide bonds. The van der Waals surface area contributed by atoms with Gasteiger partial charge >= 0.3 is 5.97 Å². The van der Waals surface area contributed by atoms with Crippen LogP contribution in [0, 0.1) is 11.3 Å². The van der Waals surface area contributed by atoms with Gasteiger partial charge in [0.15, 0.2) is 6.10 Å². The highest BCUT2D eigenvalue weighted by molar-refractivity contribution is 6.48. The summed E-state index contributed by atoms with van der Waals surface area (Å²) in [4.78, 5) is 26.8. The quantitative estimate of drug-likeness (QED) is 0.355. The van der Waals surface area contributed by atoms with Crippen molar-refractivity contribution in [2.45, 2.75) is 111 Å². The van der Waals surface area contributed by atoms with Crippen molar-refractivity contribution in [3.63, 3.8) is 0 Å². The SMILES string of the molecule is CC(=O)O[C@H]1[C@H](n2cc(C(C)(C)C)c(C(C)(C)C)c(CO[Si](C)C)c2=O)c2cc(C#N)ccc2OC1(C)C. The van der Waals surface area contributed by atoms with Gasteiger partial charge in [-0.1, -0.05) is 41.5 Å². The molecular formula is C30H41N2O5Si. The zero-order chi connectivity index (χ0) is 28.8. The molecule has 0 saturated heterocycles. The fraction of sp³-hybridized carbons (Fsp3) is 0.567. The van der Waals surface area contributed by atoms with Gasteiger partial charge in [-0.05, 0) is 67.1 Å². The van der Waals surface area contributed by atoms with Crippen LogP contribution in [0.2, 0.25) is 13.1 Å². The number of pyridine rings is 1. The van der Waals surface area contributed by atoms with Gasteiger partial charge in [0.05, 0.1) is 18.2 Å². The molecule has 38 heavy (non-hydrogen) atoms. The van der Waals surface area contributed by atoms with Crippen LogP contribution in [-0.2, 0) is 31.4 Å². The second-order valence-electron chi connectivity index (χ2n) is 12.9. The van der Waals surface area contributed by atoms with Gasteiger partial charge in [0, 0.05) is 24.2 Å². The summed E-state index contributed by atoms with van der Waals surface area (Å²) in [7, 11) is -1.07. The molecule has 2 atom stereocenters. The number of nitrogens with zero attached hydrogens (tertiary/aromatic N) is 2. The summed E-state index contributed by atoms with van der Waals surface area (Å²) in [5.41, 5.74) is 1.92. The van der Waals surface area contributed by atoms with E-state index in [1.807, 2.05) is 33.1 Å². The van der Waals surface area contributed by atoms with Gasteiger partial charge in [0.2, 0.25) is 9.04 Å². The molecular weight excluding hydrogens is 496 g/mol. The number of nitriles is 1. The van der Waals surface area contributed by atoms with Gasteiger partial charge in [-0.15, -0.1) is 0 Å². The third kappa shape index (κ3) is 5.89. The zero-order valence-corrected chi connectivity index (χ0v) is 25.6. The average Bonchev–Trinajstić information content (AvgIpc) is 2.76. The molecule has 0 bridgehead atoms. The number of esters is 1. The Hall–Kier alpha value is -2.89. The first-order valence-corrected chi connectivity index (χ1v) is 15.4. The average molecular weight is 538 g/mol. The van der Waals surface area contributed by atoms with Crippen molar-refractivity contribution in [2.75, 3.05) is 0 Å². The van der Waals surface area contributed by atoms with E-state index in [0.717, 1.165) is 11.1 Å². The van der Waals surface area contributed by atoms with Crippen molar-refractivity contribution in [1.29, 1.82) is 5.26 Å². The predicted octanol–water partition coefficient (Wildman–Crippen LogP) is 5.77. The molecule has 1 aromatic heterocycles. The molecule has 0 spiro atoms. The third-order valence-electron chi connectivity index (χ3n) is 6.79. The van der Waals surface area contributed by atoms with E-state index in [0.29, 0.717) is 22.4 Å². The molecule has 2 aromatic rings. The molecule has 0 fully saturated rings. The summed E-state index contributed by atoms with van der Waals surface area (Å²) in [6, 6.07) is 6.64. The first-order valence-electron chi connectivity index (χ1n) is 13.0. The molecule has 205 valence electrons. The minimum atomic E-state index is -1.07. The molecule has 2 heterocycles. The summed E-state index contributed by atoms with van der Waals surface area (Å²) in [6.45, 7) is 22.1. The van der Waals surface area contributed by atoms with Crippen LogP contribution in [0.15, 0.2) is 29.2 Å². The van der Waals surface area contributed by atoms with Crippen molar-refractivity contribution >= 4 is 15.0 Å². The van der Waals surface area contributed by atoms with E-state index in [4.69, 9.17) is 13.9 Å². The Bertz CT molecular complexity index is 1320. The van der Waals surface area contributed by atoms with Crippen LogP contribution in [0.3, 0.4) is 0 Å². The number of hydrogen-bond acceptors (Lipinski definition) is 6. The predicted molar refractivity (Wildman–Crippen MR) is 150 cm³/mol. The maximum Gasteiger partial charge on any atom is 0.303 e. The number of aromatic nitrogens is 1. The van der Waals surface area contributed by atoms with Crippen molar-refractivity contribution in [1.82, 2.24) is 4.57 Å². The molecule has 8 heteroatoms. The van der Waals surface area contributed by atoms with Gasteiger partial charge in [0.25, 0.3) is 5.56 Å². The molecule has 0 unspecified atom stereocenters. The topological polar surface area (TPSA) is 90.5 Å². The lowest BCUT2D eigenvalue weighted by Crippen LogP contribution is -2.54. The van der Waals surface area contributed by atoms with E-state index < -0.39 is 32.8 Å². The number of fused-ring (bicyclic) bond motifs is 1. The lowest BCUT2D eigenvalue weighted by Gasteiger charge is -2.45. The second-order valence-corrected chi connectivity index (χ2v) is 15.0. The zero-order valence-electron chi connectivity index (χ0n) is 24.6. The smallest absolute Gasteiger partial charge is 0.303 e. The van der Waals surface area contributed by atoms with Gasteiger partial charge in [-0.25, -0.2) is 0 Å². The Balaban J connectivity index is 2.50.